The first-order valence-electron chi connectivity index (χ1n) is 5.27. The lowest BCUT2D eigenvalue weighted by molar-refractivity contribution is 0.673. The van der Waals surface area contributed by atoms with Crippen LogP contribution in [0.25, 0.3) is 0 Å². The Morgan fingerprint density at radius 3 is 2.50 bits per heavy atom. The normalized spacial score (nSPS) is 11.2. The zero-order valence-electron chi connectivity index (χ0n) is 8.60. The Balaban J connectivity index is 2.92. The first-order valence-corrected chi connectivity index (χ1v) is 5.27. The molecule has 1 N–H and O–H groups in total. The molecule has 0 aromatic carbocycles. The van der Waals surface area contributed by atoms with E-state index in [-0.39, 0.29) is 0 Å². The topological polar surface area (TPSA) is 12.0 Å². The maximum absolute atomic E-state index is 3.26. The third-order valence-electron chi connectivity index (χ3n) is 1.90. The molecular formula is C11H23N. The van der Waals surface area contributed by atoms with E-state index in [4.69, 9.17) is 0 Å². The molecule has 0 heterocycles. The fourth-order valence-corrected chi connectivity index (χ4v) is 1.12. The van der Waals surface area contributed by atoms with Gasteiger partial charge in [-0.1, -0.05) is 45.3 Å². The number of rotatable bonds is 8. The van der Waals surface area contributed by atoms with Crippen molar-refractivity contribution in [3.8, 4) is 0 Å². The van der Waals surface area contributed by atoms with Gasteiger partial charge < -0.3 is 5.32 Å². The Labute approximate surface area is 77.2 Å². The van der Waals surface area contributed by atoms with Crippen molar-refractivity contribution in [1.82, 2.24) is 5.32 Å². The van der Waals surface area contributed by atoms with Crippen LogP contribution in [-0.2, 0) is 0 Å². The standard InChI is InChI=1S/C11H23N/c1-3-5-6-7-8-9-10-11-12-4-2/h9-10,12H,3-8,11H2,1-2H3. The van der Waals surface area contributed by atoms with E-state index in [0.29, 0.717) is 0 Å². The van der Waals surface area contributed by atoms with Gasteiger partial charge >= 0.3 is 0 Å². The van der Waals surface area contributed by atoms with Gasteiger partial charge in [-0.15, -0.1) is 0 Å². The Bertz CT molecular complexity index is 97.2. The Morgan fingerprint density at radius 2 is 1.83 bits per heavy atom. The molecular weight excluding hydrogens is 146 g/mol. The average Bonchev–Trinajstić information content (AvgIpc) is 2.10. The molecule has 0 aliphatic rings. The van der Waals surface area contributed by atoms with E-state index in [1.165, 1.54) is 32.1 Å². The predicted molar refractivity (Wildman–Crippen MR) is 56.4 cm³/mol. The molecule has 0 aliphatic heterocycles. The smallest absolute Gasteiger partial charge is 0.0134 e. The fourth-order valence-electron chi connectivity index (χ4n) is 1.12. The first-order chi connectivity index (χ1) is 5.91. The molecule has 0 aliphatic carbocycles. The molecule has 0 saturated heterocycles. The van der Waals surface area contributed by atoms with Crippen LogP contribution in [0.2, 0.25) is 0 Å². The van der Waals surface area contributed by atoms with Crippen molar-refractivity contribution in [2.24, 2.45) is 0 Å². The number of unbranched alkanes of at least 4 members (excludes halogenated alkanes) is 4. The molecule has 1 nitrogen and oxygen atoms in total. The minimum Gasteiger partial charge on any atom is -0.314 e. The fraction of sp³-hybridized carbons (Fsp3) is 0.818. The van der Waals surface area contributed by atoms with Crippen LogP contribution in [0.1, 0.15) is 46.0 Å². The molecule has 0 unspecified atom stereocenters. The molecule has 12 heavy (non-hydrogen) atoms. The molecule has 0 aromatic heterocycles. The molecule has 0 bridgehead atoms. The van der Waals surface area contributed by atoms with Gasteiger partial charge in [0, 0.05) is 6.54 Å². The van der Waals surface area contributed by atoms with Gasteiger partial charge in [-0.05, 0) is 19.4 Å². The summed E-state index contributed by atoms with van der Waals surface area (Å²) in [6.45, 7) is 6.49. The van der Waals surface area contributed by atoms with Crippen LogP contribution in [0.15, 0.2) is 12.2 Å². The van der Waals surface area contributed by atoms with Crippen LogP contribution in [-0.4, -0.2) is 13.1 Å². The highest BCUT2D eigenvalue weighted by molar-refractivity contribution is 4.83. The van der Waals surface area contributed by atoms with Gasteiger partial charge in [-0.25, -0.2) is 0 Å². The molecule has 1 heteroatoms. The van der Waals surface area contributed by atoms with Crippen molar-refractivity contribution >= 4 is 0 Å². The van der Waals surface area contributed by atoms with E-state index in [9.17, 15) is 0 Å². The summed E-state index contributed by atoms with van der Waals surface area (Å²) in [7, 11) is 0. The summed E-state index contributed by atoms with van der Waals surface area (Å²) < 4.78 is 0. The second kappa shape index (κ2) is 10.7. The predicted octanol–water partition coefficient (Wildman–Crippen LogP) is 3.12. The molecule has 0 atom stereocenters. The zero-order valence-corrected chi connectivity index (χ0v) is 8.60. The molecule has 0 radical (unpaired) electrons. The van der Waals surface area contributed by atoms with E-state index < -0.39 is 0 Å². The summed E-state index contributed by atoms with van der Waals surface area (Å²) in [6.07, 6.45) is 11.2. The number of allylic oxidation sites excluding steroid dienone is 1. The molecule has 0 rings (SSSR count). The van der Waals surface area contributed by atoms with Crippen molar-refractivity contribution in [2.45, 2.75) is 46.0 Å². The molecule has 0 amide bonds. The van der Waals surface area contributed by atoms with E-state index in [2.05, 4.69) is 31.3 Å². The summed E-state index contributed by atoms with van der Waals surface area (Å²) >= 11 is 0. The summed E-state index contributed by atoms with van der Waals surface area (Å²) in [4.78, 5) is 0. The second-order valence-electron chi connectivity index (χ2n) is 3.13. The summed E-state index contributed by atoms with van der Waals surface area (Å²) in [6, 6.07) is 0. The first kappa shape index (κ1) is 11.7. The zero-order chi connectivity index (χ0) is 9.07. The van der Waals surface area contributed by atoms with Gasteiger partial charge in [0.1, 0.15) is 0 Å². The summed E-state index contributed by atoms with van der Waals surface area (Å²) in [5.41, 5.74) is 0. The Morgan fingerprint density at radius 1 is 1.00 bits per heavy atom. The highest BCUT2D eigenvalue weighted by atomic mass is 14.8. The lowest BCUT2D eigenvalue weighted by Gasteiger charge is -1.95. The highest BCUT2D eigenvalue weighted by Crippen LogP contribution is 2.02. The van der Waals surface area contributed by atoms with Gasteiger partial charge in [-0.2, -0.15) is 0 Å². The van der Waals surface area contributed by atoms with Crippen molar-refractivity contribution in [2.75, 3.05) is 13.1 Å². The van der Waals surface area contributed by atoms with Crippen molar-refractivity contribution in [3.63, 3.8) is 0 Å². The number of hydrogen-bond donors (Lipinski definition) is 1. The Hall–Kier alpha value is -0.300. The SMILES string of the molecule is CCCCCCC=CCNCC. The third kappa shape index (κ3) is 9.70. The number of nitrogens with one attached hydrogen (secondary N) is 1. The molecule has 0 fully saturated rings. The number of hydrogen-bond acceptors (Lipinski definition) is 1. The monoisotopic (exact) mass is 169 g/mol. The summed E-state index contributed by atoms with van der Waals surface area (Å²) in [5.74, 6) is 0. The van der Waals surface area contributed by atoms with Crippen LogP contribution in [0.4, 0.5) is 0 Å². The minimum absolute atomic E-state index is 1.03. The second-order valence-corrected chi connectivity index (χ2v) is 3.13. The molecule has 0 saturated carbocycles. The highest BCUT2D eigenvalue weighted by Gasteiger charge is 1.83. The van der Waals surface area contributed by atoms with E-state index >= 15 is 0 Å². The van der Waals surface area contributed by atoms with Crippen LogP contribution in [0.3, 0.4) is 0 Å². The van der Waals surface area contributed by atoms with Gasteiger partial charge in [-0.3, -0.25) is 0 Å². The maximum atomic E-state index is 3.26. The lowest BCUT2D eigenvalue weighted by atomic mass is 10.1. The van der Waals surface area contributed by atoms with Gasteiger partial charge in [0.15, 0.2) is 0 Å². The summed E-state index contributed by atoms with van der Waals surface area (Å²) in [5, 5.41) is 3.26. The van der Waals surface area contributed by atoms with E-state index in [1.807, 2.05) is 0 Å². The van der Waals surface area contributed by atoms with E-state index in [1.54, 1.807) is 0 Å². The van der Waals surface area contributed by atoms with Crippen LogP contribution in [0, 0.1) is 0 Å². The van der Waals surface area contributed by atoms with Gasteiger partial charge in [0.05, 0.1) is 0 Å². The molecule has 0 spiro atoms. The Kier molecular flexibility index (Phi) is 10.4. The van der Waals surface area contributed by atoms with Crippen LogP contribution in [0.5, 0.6) is 0 Å². The minimum atomic E-state index is 1.03. The number of likely N-dealkylation sites (N-methyl/N-ethyl adjacent to an activating group) is 1. The van der Waals surface area contributed by atoms with Crippen LogP contribution >= 0.6 is 0 Å². The maximum Gasteiger partial charge on any atom is 0.0134 e. The van der Waals surface area contributed by atoms with Gasteiger partial charge in [0.25, 0.3) is 0 Å². The average molecular weight is 169 g/mol. The van der Waals surface area contributed by atoms with Crippen molar-refractivity contribution in [1.29, 1.82) is 0 Å². The largest absolute Gasteiger partial charge is 0.314 e. The lowest BCUT2D eigenvalue weighted by Crippen LogP contribution is -2.11. The quantitative estimate of drug-likeness (QED) is 0.435. The van der Waals surface area contributed by atoms with Crippen LogP contribution < -0.4 is 5.32 Å². The van der Waals surface area contributed by atoms with Gasteiger partial charge in [0.2, 0.25) is 0 Å². The van der Waals surface area contributed by atoms with E-state index in [0.717, 1.165) is 13.1 Å². The molecule has 0 aromatic rings. The van der Waals surface area contributed by atoms with Crippen molar-refractivity contribution in [3.05, 3.63) is 12.2 Å². The molecule has 72 valence electrons. The van der Waals surface area contributed by atoms with Crippen molar-refractivity contribution < 1.29 is 0 Å². The third-order valence-corrected chi connectivity index (χ3v) is 1.90.